The summed E-state index contributed by atoms with van der Waals surface area (Å²) in [5.74, 6) is 0.870. The molecular weight excluding hydrogens is 436 g/mol. The first kappa shape index (κ1) is 21.4. The second kappa shape index (κ2) is 8.86. The van der Waals surface area contributed by atoms with Gasteiger partial charge in [0, 0.05) is 23.0 Å². The van der Waals surface area contributed by atoms with Crippen LogP contribution in [0.4, 0.5) is 10.8 Å². The lowest BCUT2D eigenvalue weighted by molar-refractivity contribution is 0.0935. The van der Waals surface area contributed by atoms with Gasteiger partial charge in [-0.25, -0.2) is 24.9 Å². The van der Waals surface area contributed by atoms with Gasteiger partial charge in [0.15, 0.2) is 5.13 Å². The van der Waals surface area contributed by atoms with Crippen LogP contribution in [0.5, 0.6) is 0 Å². The number of thiazole rings is 1. The van der Waals surface area contributed by atoms with Gasteiger partial charge in [-0.2, -0.15) is 0 Å². The summed E-state index contributed by atoms with van der Waals surface area (Å²) in [6.45, 7) is 6.05. The van der Waals surface area contributed by atoms with Crippen molar-refractivity contribution in [3.8, 4) is 0 Å². The van der Waals surface area contributed by atoms with Gasteiger partial charge in [0.05, 0.1) is 42.2 Å². The molecule has 9 nitrogen and oxygen atoms in total. The average molecular weight is 463 g/mol. The van der Waals surface area contributed by atoms with Crippen LogP contribution >= 0.6 is 11.3 Å². The van der Waals surface area contributed by atoms with E-state index in [0.717, 1.165) is 45.4 Å². The first-order chi connectivity index (χ1) is 16.0. The van der Waals surface area contributed by atoms with Crippen molar-refractivity contribution in [2.24, 2.45) is 0 Å². The van der Waals surface area contributed by atoms with E-state index in [9.17, 15) is 4.79 Å². The molecule has 170 valence electrons. The van der Waals surface area contributed by atoms with Gasteiger partial charge in [-0.1, -0.05) is 25.2 Å². The molecule has 0 bridgehead atoms. The number of hydrogen-bond acceptors (Lipinski definition) is 8. The maximum absolute atomic E-state index is 12.9. The number of amides is 1. The molecule has 1 amide bonds. The van der Waals surface area contributed by atoms with Gasteiger partial charge in [0.2, 0.25) is 0 Å². The minimum absolute atomic E-state index is 0.209. The van der Waals surface area contributed by atoms with Crippen molar-refractivity contribution >= 4 is 39.1 Å². The van der Waals surface area contributed by atoms with Crippen LogP contribution in [0.1, 0.15) is 79.2 Å². The molecule has 4 aromatic heterocycles. The van der Waals surface area contributed by atoms with E-state index in [1.807, 2.05) is 19.3 Å². The number of pyridine rings is 1. The van der Waals surface area contributed by atoms with Gasteiger partial charge in [-0.15, -0.1) is 0 Å². The molecule has 1 atom stereocenters. The zero-order valence-electron chi connectivity index (χ0n) is 18.8. The molecule has 0 saturated heterocycles. The Bertz CT molecular complexity index is 1280. The van der Waals surface area contributed by atoms with E-state index in [2.05, 4.69) is 54.0 Å². The van der Waals surface area contributed by atoms with Gasteiger partial charge in [0.1, 0.15) is 17.0 Å². The summed E-state index contributed by atoms with van der Waals surface area (Å²) in [7, 11) is 0. The molecule has 1 aliphatic rings. The van der Waals surface area contributed by atoms with Crippen LogP contribution < -0.4 is 10.6 Å². The van der Waals surface area contributed by atoms with E-state index in [0.29, 0.717) is 11.7 Å². The smallest absolute Gasteiger partial charge is 0.270 e. The molecule has 5 rings (SSSR count). The number of rotatable bonds is 7. The highest BCUT2D eigenvalue weighted by molar-refractivity contribution is 7.15. The van der Waals surface area contributed by atoms with Crippen LogP contribution in [0.2, 0.25) is 0 Å². The van der Waals surface area contributed by atoms with Gasteiger partial charge >= 0.3 is 0 Å². The van der Waals surface area contributed by atoms with Crippen molar-refractivity contribution in [1.29, 1.82) is 0 Å². The molecule has 33 heavy (non-hydrogen) atoms. The van der Waals surface area contributed by atoms with Gasteiger partial charge < -0.3 is 15.2 Å². The van der Waals surface area contributed by atoms with Gasteiger partial charge in [-0.3, -0.25) is 4.79 Å². The Balaban J connectivity index is 1.25. The van der Waals surface area contributed by atoms with Crippen LogP contribution in [-0.4, -0.2) is 35.4 Å². The molecule has 4 aromatic rings. The normalized spacial score (nSPS) is 14.9. The highest BCUT2D eigenvalue weighted by Crippen LogP contribution is 2.34. The van der Waals surface area contributed by atoms with Crippen molar-refractivity contribution in [3.05, 3.63) is 53.6 Å². The number of hydrogen-bond donors (Lipinski definition) is 2. The molecule has 1 unspecified atom stereocenters. The molecule has 1 aliphatic carbocycles. The maximum Gasteiger partial charge on any atom is 0.270 e. The van der Waals surface area contributed by atoms with E-state index >= 15 is 0 Å². The number of imidazole rings is 1. The second-order valence-corrected chi connectivity index (χ2v) is 9.73. The maximum atomic E-state index is 12.9. The first-order valence-corrected chi connectivity index (χ1v) is 12.0. The minimum atomic E-state index is -0.216. The molecule has 4 heterocycles. The Hall–Kier alpha value is -3.40. The zero-order chi connectivity index (χ0) is 22.9. The van der Waals surface area contributed by atoms with Crippen LogP contribution in [-0.2, 0) is 0 Å². The molecule has 1 fully saturated rings. The number of nitrogens with one attached hydrogen (secondary N) is 2. The number of fused-ring (bicyclic) bond motifs is 1. The standard InChI is InChI=1S/C23H26N8OS/c1-13(2)21-25-8-15(9-26-21)30-23-27-11-20(33-23)14(3)29-22(32)17-7-19-18(10-24-17)28-12-31(19)16-5-4-6-16/h7-14,16H,4-6H2,1-3H3,(H,27,30)(H,29,32). The topological polar surface area (TPSA) is 111 Å². The van der Waals surface area contributed by atoms with E-state index in [4.69, 9.17) is 0 Å². The lowest BCUT2D eigenvalue weighted by atomic mass is 9.93. The lowest BCUT2D eigenvalue weighted by Crippen LogP contribution is -2.27. The Morgan fingerprint density at radius 3 is 2.55 bits per heavy atom. The fraction of sp³-hybridized carbons (Fsp3) is 0.391. The number of aromatic nitrogens is 6. The van der Waals surface area contributed by atoms with Crippen LogP contribution in [0, 0.1) is 0 Å². The van der Waals surface area contributed by atoms with Gasteiger partial charge in [0.25, 0.3) is 5.91 Å². The van der Waals surface area contributed by atoms with E-state index < -0.39 is 0 Å². The summed E-state index contributed by atoms with van der Waals surface area (Å²) in [5, 5.41) is 6.97. The van der Waals surface area contributed by atoms with E-state index in [-0.39, 0.29) is 17.9 Å². The summed E-state index contributed by atoms with van der Waals surface area (Å²) in [6, 6.07) is 2.10. The first-order valence-electron chi connectivity index (χ1n) is 11.2. The van der Waals surface area contributed by atoms with E-state index in [1.165, 1.54) is 17.8 Å². The Labute approximate surface area is 195 Å². The minimum Gasteiger partial charge on any atom is -0.343 e. The summed E-state index contributed by atoms with van der Waals surface area (Å²) < 4.78 is 2.17. The number of carbonyl (C=O) groups excluding carboxylic acids is 1. The van der Waals surface area contributed by atoms with E-state index in [1.54, 1.807) is 24.8 Å². The molecular formula is C23H26N8OS. The Morgan fingerprint density at radius 2 is 1.85 bits per heavy atom. The fourth-order valence-corrected chi connectivity index (χ4v) is 4.56. The van der Waals surface area contributed by atoms with Crippen LogP contribution in [0.3, 0.4) is 0 Å². The summed E-state index contributed by atoms with van der Waals surface area (Å²) in [5.41, 5.74) is 2.94. The molecule has 0 aliphatic heterocycles. The van der Waals surface area contributed by atoms with Crippen LogP contribution in [0.15, 0.2) is 37.2 Å². The summed E-state index contributed by atoms with van der Waals surface area (Å²) >= 11 is 1.48. The SMILES string of the molecule is CC(C)c1ncc(Nc2ncc(C(C)NC(=O)c3cc4c(cn3)ncn4C3CCC3)s2)cn1. The monoisotopic (exact) mass is 462 g/mol. The third-order valence-electron chi connectivity index (χ3n) is 5.90. The van der Waals surface area contributed by atoms with Crippen molar-refractivity contribution in [2.75, 3.05) is 5.32 Å². The molecule has 0 aromatic carbocycles. The zero-order valence-corrected chi connectivity index (χ0v) is 19.6. The third-order valence-corrected chi connectivity index (χ3v) is 6.99. The second-order valence-electron chi connectivity index (χ2n) is 8.67. The quantitative estimate of drug-likeness (QED) is 0.407. The average Bonchev–Trinajstić information content (AvgIpc) is 3.40. The number of carbonyl (C=O) groups is 1. The third kappa shape index (κ3) is 4.43. The highest BCUT2D eigenvalue weighted by atomic mass is 32.1. The van der Waals surface area contributed by atoms with Crippen molar-refractivity contribution in [2.45, 2.75) is 58.0 Å². The Morgan fingerprint density at radius 1 is 1.06 bits per heavy atom. The summed E-state index contributed by atoms with van der Waals surface area (Å²) in [4.78, 5) is 35.7. The lowest BCUT2D eigenvalue weighted by Gasteiger charge is -2.27. The molecule has 2 N–H and O–H groups in total. The number of nitrogens with zero attached hydrogens (tertiary/aromatic N) is 6. The predicted molar refractivity (Wildman–Crippen MR) is 128 cm³/mol. The van der Waals surface area contributed by atoms with Crippen molar-refractivity contribution < 1.29 is 4.79 Å². The van der Waals surface area contributed by atoms with Crippen molar-refractivity contribution in [1.82, 2.24) is 34.8 Å². The van der Waals surface area contributed by atoms with Crippen molar-refractivity contribution in [3.63, 3.8) is 0 Å². The Kier molecular flexibility index (Phi) is 5.76. The molecule has 1 saturated carbocycles. The molecule has 0 spiro atoms. The van der Waals surface area contributed by atoms with Gasteiger partial charge in [-0.05, 0) is 32.3 Å². The largest absolute Gasteiger partial charge is 0.343 e. The fourth-order valence-electron chi connectivity index (χ4n) is 3.72. The predicted octanol–water partition coefficient (Wildman–Crippen LogP) is 4.76. The van der Waals surface area contributed by atoms with Crippen LogP contribution in [0.25, 0.3) is 11.0 Å². The molecule has 0 radical (unpaired) electrons. The molecule has 10 heteroatoms. The number of anilines is 2. The highest BCUT2D eigenvalue weighted by Gasteiger charge is 2.22. The summed E-state index contributed by atoms with van der Waals surface area (Å²) in [6.07, 6.45) is 12.4.